The summed E-state index contributed by atoms with van der Waals surface area (Å²) in [4.78, 5) is 13.2. The molecule has 0 bridgehead atoms. The van der Waals surface area contributed by atoms with Crippen molar-refractivity contribution in [3.05, 3.63) is 0 Å². The van der Waals surface area contributed by atoms with Crippen LogP contribution in [-0.2, 0) is 4.79 Å². The highest BCUT2D eigenvalue weighted by Gasteiger charge is 2.63. The largest absolute Gasteiger partial charge is 0.390 e. The Morgan fingerprint density at radius 2 is 1.67 bits per heavy atom. The highest BCUT2D eigenvalue weighted by atomic mass is 16.3. The van der Waals surface area contributed by atoms with Crippen LogP contribution < -0.4 is 0 Å². The Morgan fingerprint density at radius 3 is 2.33 bits per heavy atom. The third kappa shape index (κ3) is 3.39. The van der Waals surface area contributed by atoms with E-state index in [9.17, 15) is 25.2 Å². The zero-order valence-corrected chi connectivity index (χ0v) is 19.1. The number of ketones is 1. The van der Waals surface area contributed by atoms with E-state index < -0.39 is 24.4 Å². The molecule has 5 nitrogen and oxygen atoms in total. The van der Waals surface area contributed by atoms with Crippen LogP contribution in [0.2, 0.25) is 0 Å². The average molecular weight is 423 g/mol. The lowest BCUT2D eigenvalue weighted by Crippen LogP contribution is -2.59. The van der Waals surface area contributed by atoms with Crippen LogP contribution in [0.15, 0.2) is 0 Å². The van der Waals surface area contributed by atoms with Gasteiger partial charge >= 0.3 is 0 Å². The molecule has 0 aromatic heterocycles. The highest BCUT2D eigenvalue weighted by molar-refractivity contribution is 5.83. The molecule has 4 fully saturated rings. The van der Waals surface area contributed by atoms with Crippen molar-refractivity contribution in [2.45, 2.75) is 103 Å². The standard InChI is InChI=1S/C25H42O5/c1-13(2)23(30)21(28)9-14-5-6-16-15-10-19(26)18-11-20(27)22(29)12-25(18,4)17(15)7-8-24(14,16)3/h13-18,20-23,27-30H,5-12H2,1-4H3/t14-,15+,16+,17+,18-,20+,21-,22-,23-,24-,25-/m1/s1. The first-order valence-corrected chi connectivity index (χ1v) is 12.2. The minimum absolute atomic E-state index is 0.0432. The first-order valence-electron chi connectivity index (χ1n) is 12.2. The van der Waals surface area contributed by atoms with Crippen molar-refractivity contribution in [1.82, 2.24) is 0 Å². The second kappa shape index (κ2) is 7.83. The van der Waals surface area contributed by atoms with Gasteiger partial charge in [-0.3, -0.25) is 4.79 Å². The maximum atomic E-state index is 13.2. The topological polar surface area (TPSA) is 98.0 Å². The minimum atomic E-state index is -0.776. The third-order valence-electron chi connectivity index (χ3n) is 10.3. The maximum absolute atomic E-state index is 13.2. The summed E-state index contributed by atoms with van der Waals surface area (Å²) in [6.45, 7) is 8.44. The van der Waals surface area contributed by atoms with Crippen LogP contribution in [0.4, 0.5) is 0 Å². The Bertz CT molecular complexity index is 664. The summed E-state index contributed by atoms with van der Waals surface area (Å²) in [5, 5.41) is 41.6. The minimum Gasteiger partial charge on any atom is -0.390 e. The van der Waals surface area contributed by atoms with Gasteiger partial charge in [-0.1, -0.05) is 27.7 Å². The molecule has 0 radical (unpaired) electrons. The van der Waals surface area contributed by atoms with E-state index in [1.54, 1.807) is 0 Å². The van der Waals surface area contributed by atoms with Gasteiger partial charge < -0.3 is 20.4 Å². The number of rotatable bonds is 4. The lowest BCUT2D eigenvalue weighted by molar-refractivity contribution is -0.173. The first-order chi connectivity index (χ1) is 14.0. The number of hydrogen-bond donors (Lipinski definition) is 4. The van der Waals surface area contributed by atoms with Crippen LogP contribution in [-0.4, -0.2) is 50.6 Å². The molecule has 0 spiro atoms. The molecule has 0 unspecified atom stereocenters. The van der Waals surface area contributed by atoms with Gasteiger partial charge in [-0.15, -0.1) is 0 Å². The quantitative estimate of drug-likeness (QED) is 0.558. The molecule has 0 aromatic carbocycles. The SMILES string of the molecule is CC(C)[C@@H](O)[C@H](O)C[C@H]1CC[C@H]2[C@@H]3CC(=O)[C@H]4C[C@H](O)[C@H](O)C[C@]4(C)[C@H]3CC[C@]12C. The normalized spacial score (nSPS) is 50.6. The molecular formula is C25H42O5. The molecular weight excluding hydrogens is 380 g/mol. The molecule has 4 saturated carbocycles. The predicted octanol–water partition coefficient (Wildman–Crippen LogP) is 2.92. The maximum Gasteiger partial charge on any atom is 0.136 e. The van der Waals surface area contributed by atoms with E-state index in [2.05, 4.69) is 13.8 Å². The number of carbonyl (C=O) groups is 1. The summed E-state index contributed by atoms with van der Waals surface area (Å²) in [7, 11) is 0. The summed E-state index contributed by atoms with van der Waals surface area (Å²) < 4.78 is 0. The molecule has 0 saturated heterocycles. The molecule has 4 aliphatic rings. The Hall–Kier alpha value is -0.490. The van der Waals surface area contributed by atoms with Crippen molar-refractivity contribution in [3.8, 4) is 0 Å². The number of aliphatic hydroxyl groups excluding tert-OH is 4. The molecule has 172 valence electrons. The molecule has 0 amide bonds. The average Bonchev–Trinajstić information content (AvgIpc) is 3.00. The van der Waals surface area contributed by atoms with Crippen LogP contribution in [0.1, 0.15) is 79.1 Å². The van der Waals surface area contributed by atoms with E-state index in [0.717, 1.165) is 25.7 Å². The smallest absolute Gasteiger partial charge is 0.136 e. The third-order valence-corrected chi connectivity index (χ3v) is 10.3. The summed E-state index contributed by atoms with van der Waals surface area (Å²) in [5.41, 5.74) is -0.111. The van der Waals surface area contributed by atoms with Crippen LogP contribution >= 0.6 is 0 Å². The van der Waals surface area contributed by atoms with Gasteiger partial charge in [0, 0.05) is 12.3 Å². The van der Waals surface area contributed by atoms with Gasteiger partial charge in [0.05, 0.1) is 24.4 Å². The van der Waals surface area contributed by atoms with Gasteiger partial charge in [0.25, 0.3) is 0 Å². The highest BCUT2D eigenvalue weighted by Crippen LogP contribution is 2.67. The van der Waals surface area contributed by atoms with Crippen LogP contribution in [0.5, 0.6) is 0 Å². The number of carbonyl (C=O) groups excluding carboxylic acids is 1. The van der Waals surface area contributed by atoms with E-state index in [4.69, 9.17) is 0 Å². The summed E-state index contributed by atoms with van der Waals surface area (Å²) in [5.74, 6) is 1.82. The van der Waals surface area contributed by atoms with Gasteiger partial charge in [-0.25, -0.2) is 0 Å². The fraction of sp³-hybridized carbons (Fsp3) is 0.960. The Labute approximate surface area is 181 Å². The van der Waals surface area contributed by atoms with Crippen LogP contribution in [0, 0.1) is 46.3 Å². The summed E-state index contributed by atoms with van der Waals surface area (Å²) in [6, 6.07) is 0. The van der Waals surface area contributed by atoms with Gasteiger partial charge in [-0.2, -0.15) is 0 Å². The van der Waals surface area contributed by atoms with Crippen molar-refractivity contribution >= 4 is 5.78 Å². The summed E-state index contributed by atoms with van der Waals surface area (Å²) in [6.07, 6.45) is 3.60. The molecule has 0 aromatic rings. The molecule has 4 aliphatic carbocycles. The number of hydrogen-bond acceptors (Lipinski definition) is 5. The number of Topliss-reactive ketones (excluding diaryl/α,β-unsaturated/α-hetero) is 1. The first kappa shape index (κ1) is 22.7. The Kier molecular flexibility index (Phi) is 5.92. The molecule has 0 aliphatic heterocycles. The molecule has 0 heterocycles. The number of aliphatic hydroxyl groups is 4. The van der Waals surface area contributed by atoms with Crippen molar-refractivity contribution in [2.75, 3.05) is 0 Å². The lowest BCUT2D eigenvalue weighted by atomic mass is 9.44. The van der Waals surface area contributed by atoms with Crippen molar-refractivity contribution in [3.63, 3.8) is 0 Å². The van der Waals surface area contributed by atoms with E-state index >= 15 is 0 Å². The number of fused-ring (bicyclic) bond motifs is 5. The van der Waals surface area contributed by atoms with Crippen LogP contribution in [0.3, 0.4) is 0 Å². The predicted molar refractivity (Wildman–Crippen MR) is 114 cm³/mol. The van der Waals surface area contributed by atoms with Crippen molar-refractivity contribution in [2.24, 2.45) is 46.3 Å². The van der Waals surface area contributed by atoms with Crippen molar-refractivity contribution < 1.29 is 25.2 Å². The second-order valence-corrected chi connectivity index (χ2v) is 12.0. The molecule has 30 heavy (non-hydrogen) atoms. The monoisotopic (exact) mass is 422 g/mol. The summed E-state index contributed by atoms with van der Waals surface area (Å²) >= 11 is 0. The molecule has 5 heteroatoms. The fourth-order valence-electron chi connectivity index (χ4n) is 8.44. The zero-order valence-electron chi connectivity index (χ0n) is 19.1. The Balaban J connectivity index is 1.55. The lowest BCUT2D eigenvalue weighted by Gasteiger charge is -2.60. The molecule has 11 atom stereocenters. The van der Waals surface area contributed by atoms with E-state index in [0.29, 0.717) is 49.4 Å². The molecule has 4 N–H and O–H groups in total. The zero-order chi connectivity index (χ0) is 22.0. The van der Waals surface area contributed by atoms with E-state index in [1.807, 2.05) is 13.8 Å². The molecule has 4 rings (SSSR count). The van der Waals surface area contributed by atoms with E-state index in [1.165, 1.54) is 0 Å². The van der Waals surface area contributed by atoms with Crippen LogP contribution in [0.25, 0.3) is 0 Å². The van der Waals surface area contributed by atoms with Gasteiger partial charge in [0.15, 0.2) is 0 Å². The fourth-order valence-corrected chi connectivity index (χ4v) is 8.44. The van der Waals surface area contributed by atoms with Gasteiger partial charge in [0.2, 0.25) is 0 Å². The second-order valence-electron chi connectivity index (χ2n) is 12.0. The van der Waals surface area contributed by atoms with E-state index in [-0.39, 0.29) is 28.4 Å². The Morgan fingerprint density at radius 1 is 1.00 bits per heavy atom. The van der Waals surface area contributed by atoms with Crippen molar-refractivity contribution in [1.29, 1.82) is 0 Å². The van der Waals surface area contributed by atoms with Gasteiger partial charge in [-0.05, 0) is 85.4 Å². The van der Waals surface area contributed by atoms with Gasteiger partial charge in [0.1, 0.15) is 5.78 Å².